The van der Waals surface area contributed by atoms with Gasteiger partial charge in [-0.15, -0.1) is 0 Å². The van der Waals surface area contributed by atoms with Crippen LogP contribution in [0.15, 0.2) is 30.3 Å². The molecule has 0 aliphatic carbocycles. The van der Waals surface area contributed by atoms with Crippen molar-refractivity contribution in [2.75, 3.05) is 11.9 Å². The summed E-state index contributed by atoms with van der Waals surface area (Å²) >= 11 is 0. The number of nitrogens with one attached hydrogen (secondary N) is 2. The van der Waals surface area contributed by atoms with Gasteiger partial charge in [-0.1, -0.05) is 18.2 Å². The molecule has 0 spiro atoms. The lowest BCUT2D eigenvalue weighted by molar-refractivity contribution is -0.143. The Hall–Kier alpha value is -1.55. The predicted molar refractivity (Wildman–Crippen MR) is 63.9 cm³/mol. The lowest BCUT2D eigenvalue weighted by Gasteiger charge is -2.19. The van der Waals surface area contributed by atoms with Crippen molar-refractivity contribution < 1.29 is 9.63 Å². The minimum Gasteiger partial charge on any atom is -0.376 e. The Balaban J connectivity index is 2.26. The summed E-state index contributed by atoms with van der Waals surface area (Å²) in [6.45, 7) is 5.81. The van der Waals surface area contributed by atoms with E-state index < -0.39 is 0 Å². The molecular formula is C12H18N2O2. The second-order valence-electron chi connectivity index (χ2n) is 4.46. The van der Waals surface area contributed by atoms with Crippen molar-refractivity contribution in [2.24, 2.45) is 0 Å². The van der Waals surface area contributed by atoms with Gasteiger partial charge >= 0.3 is 0 Å². The highest BCUT2D eigenvalue weighted by molar-refractivity contribution is 5.79. The molecule has 4 heteroatoms. The third kappa shape index (κ3) is 5.36. The van der Waals surface area contributed by atoms with Gasteiger partial charge in [0, 0.05) is 5.69 Å². The van der Waals surface area contributed by atoms with Crippen molar-refractivity contribution in [1.82, 2.24) is 5.48 Å². The fourth-order valence-electron chi connectivity index (χ4n) is 0.984. The third-order valence-corrected chi connectivity index (χ3v) is 1.70. The largest absolute Gasteiger partial charge is 0.376 e. The number of anilines is 1. The molecule has 0 heterocycles. The van der Waals surface area contributed by atoms with Gasteiger partial charge < -0.3 is 5.32 Å². The van der Waals surface area contributed by atoms with Gasteiger partial charge in [0.05, 0.1) is 12.1 Å². The molecule has 1 amide bonds. The number of hydrogen-bond donors (Lipinski definition) is 2. The Morgan fingerprint density at radius 2 is 1.88 bits per heavy atom. The number of para-hydroxylation sites is 1. The highest BCUT2D eigenvalue weighted by Gasteiger charge is 2.12. The highest BCUT2D eigenvalue weighted by atomic mass is 16.7. The van der Waals surface area contributed by atoms with Crippen molar-refractivity contribution >= 4 is 11.6 Å². The number of hydrogen-bond acceptors (Lipinski definition) is 3. The van der Waals surface area contributed by atoms with Gasteiger partial charge in [-0.25, -0.2) is 5.48 Å². The molecule has 0 bridgehead atoms. The fourth-order valence-corrected chi connectivity index (χ4v) is 0.984. The fraction of sp³-hybridized carbons (Fsp3) is 0.417. The third-order valence-electron chi connectivity index (χ3n) is 1.70. The van der Waals surface area contributed by atoms with E-state index in [4.69, 9.17) is 4.84 Å². The van der Waals surface area contributed by atoms with Crippen LogP contribution >= 0.6 is 0 Å². The van der Waals surface area contributed by atoms with Crippen LogP contribution in [0, 0.1) is 0 Å². The van der Waals surface area contributed by atoms with Crippen LogP contribution in [-0.2, 0) is 9.63 Å². The van der Waals surface area contributed by atoms with Gasteiger partial charge in [0.25, 0.3) is 5.91 Å². The number of benzene rings is 1. The van der Waals surface area contributed by atoms with Crippen LogP contribution in [0.4, 0.5) is 5.69 Å². The summed E-state index contributed by atoms with van der Waals surface area (Å²) in [6.07, 6.45) is 0. The molecule has 16 heavy (non-hydrogen) atoms. The van der Waals surface area contributed by atoms with E-state index >= 15 is 0 Å². The summed E-state index contributed by atoms with van der Waals surface area (Å²) in [7, 11) is 0. The Labute approximate surface area is 95.9 Å². The van der Waals surface area contributed by atoms with Crippen LogP contribution in [-0.4, -0.2) is 18.1 Å². The summed E-state index contributed by atoms with van der Waals surface area (Å²) in [5.74, 6) is -0.196. The lowest BCUT2D eigenvalue weighted by Crippen LogP contribution is -2.36. The Morgan fingerprint density at radius 1 is 1.25 bits per heavy atom. The van der Waals surface area contributed by atoms with Crippen LogP contribution in [0.5, 0.6) is 0 Å². The van der Waals surface area contributed by atoms with Crippen LogP contribution < -0.4 is 10.8 Å². The van der Waals surface area contributed by atoms with Gasteiger partial charge in [0.15, 0.2) is 0 Å². The average Bonchev–Trinajstić information content (AvgIpc) is 2.24. The maximum Gasteiger partial charge on any atom is 0.262 e. The Kier molecular flexibility index (Phi) is 4.31. The van der Waals surface area contributed by atoms with Gasteiger partial charge in [0.1, 0.15) is 0 Å². The molecule has 0 fully saturated rings. The van der Waals surface area contributed by atoms with Crippen LogP contribution in [0.3, 0.4) is 0 Å². The monoisotopic (exact) mass is 222 g/mol. The van der Waals surface area contributed by atoms with E-state index in [1.807, 2.05) is 51.1 Å². The molecule has 0 unspecified atom stereocenters. The van der Waals surface area contributed by atoms with E-state index in [2.05, 4.69) is 10.8 Å². The normalized spacial score (nSPS) is 10.9. The topological polar surface area (TPSA) is 50.4 Å². The van der Waals surface area contributed by atoms with Crippen molar-refractivity contribution in [2.45, 2.75) is 26.4 Å². The van der Waals surface area contributed by atoms with E-state index in [-0.39, 0.29) is 18.1 Å². The molecule has 0 aliphatic heterocycles. The van der Waals surface area contributed by atoms with Crippen LogP contribution in [0.1, 0.15) is 20.8 Å². The molecule has 0 radical (unpaired) electrons. The smallest absolute Gasteiger partial charge is 0.262 e. The van der Waals surface area contributed by atoms with Gasteiger partial charge in [-0.05, 0) is 32.9 Å². The van der Waals surface area contributed by atoms with E-state index in [9.17, 15) is 4.79 Å². The van der Waals surface area contributed by atoms with Crippen molar-refractivity contribution in [1.29, 1.82) is 0 Å². The van der Waals surface area contributed by atoms with Crippen LogP contribution in [0.2, 0.25) is 0 Å². The molecule has 2 N–H and O–H groups in total. The highest BCUT2D eigenvalue weighted by Crippen LogP contribution is 2.05. The van der Waals surface area contributed by atoms with E-state index in [0.717, 1.165) is 5.69 Å². The summed E-state index contributed by atoms with van der Waals surface area (Å²) in [5.41, 5.74) is 2.93. The number of carbonyl (C=O) groups is 1. The quantitative estimate of drug-likeness (QED) is 0.765. The van der Waals surface area contributed by atoms with Crippen LogP contribution in [0.25, 0.3) is 0 Å². The minimum atomic E-state index is -0.373. The predicted octanol–water partition coefficient (Wildman–Crippen LogP) is 1.94. The summed E-state index contributed by atoms with van der Waals surface area (Å²) in [6, 6.07) is 9.54. The van der Waals surface area contributed by atoms with Crippen molar-refractivity contribution in [3.8, 4) is 0 Å². The molecular weight excluding hydrogens is 204 g/mol. The second-order valence-corrected chi connectivity index (χ2v) is 4.46. The number of hydroxylamine groups is 1. The number of rotatable bonds is 4. The first-order chi connectivity index (χ1) is 7.47. The Bertz CT molecular complexity index is 331. The second kappa shape index (κ2) is 5.51. The molecule has 0 aromatic heterocycles. The maximum atomic E-state index is 11.4. The van der Waals surface area contributed by atoms with Crippen molar-refractivity contribution in [3.05, 3.63) is 30.3 Å². The zero-order chi connectivity index (χ0) is 12.0. The first-order valence-electron chi connectivity index (χ1n) is 5.23. The Morgan fingerprint density at radius 3 is 2.44 bits per heavy atom. The van der Waals surface area contributed by atoms with E-state index in [1.54, 1.807) is 0 Å². The maximum absolute atomic E-state index is 11.4. The standard InChI is InChI=1S/C12H18N2O2/c1-12(2,3)16-14-11(15)9-13-10-7-5-4-6-8-10/h4-8,13H,9H2,1-3H3,(H,14,15). The summed E-state index contributed by atoms with van der Waals surface area (Å²) in [4.78, 5) is 16.5. The van der Waals surface area contributed by atoms with Crippen molar-refractivity contribution in [3.63, 3.8) is 0 Å². The SMILES string of the molecule is CC(C)(C)ONC(=O)CNc1ccccc1. The minimum absolute atomic E-state index is 0.195. The first-order valence-corrected chi connectivity index (χ1v) is 5.23. The van der Waals surface area contributed by atoms with Gasteiger partial charge in [0.2, 0.25) is 0 Å². The molecule has 0 saturated carbocycles. The summed E-state index contributed by atoms with van der Waals surface area (Å²) < 4.78 is 0. The van der Waals surface area contributed by atoms with E-state index in [1.165, 1.54) is 0 Å². The van der Waals surface area contributed by atoms with Gasteiger partial charge in [-0.2, -0.15) is 0 Å². The molecule has 1 aromatic carbocycles. The zero-order valence-corrected chi connectivity index (χ0v) is 9.91. The van der Waals surface area contributed by atoms with Gasteiger partial charge in [-0.3, -0.25) is 9.63 Å². The zero-order valence-electron chi connectivity index (χ0n) is 9.91. The summed E-state index contributed by atoms with van der Waals surface area (Å²) in [5, 5.41) is 2.99. The number of carbonyl (C=O) groups excluding carboxylic acids is 1. The molecule has 0 aliphatic rings. The molecule has 1 rings (SSSR count). The molecule has 88 valence electrons. The van der Waals surface area contributed by atoms with E-state index in [0.29, 0.717) is 0 Å². The average molecular weight is 222 g/mol. The lowest BCUT2D eigenvalue weighted by atomic mass is 10.2. The number of amides is 1. The first kappa shape index (κ1) is 12.5. The molecule has 4 nitrogen and oxygen atoms in total. The molecule has 1 aromatic rings. The molecule has 0 atom stereocenters. The molecule has 0 saturated heterocycles.